The first-order valence-corrected chi connectivity index (χ1v) is 8.36. The number of hydrogen-bond donors (Lipinski definition) is 1. The van der Waals surface area contributed by atoms with Crippen LogP contribution in [0.5, 0.6) is 5.75 Å². The van der Waals surface area contributed by atoms with Crippen molar-refractivity contribution in [2.24, 2.45) is 5.10 Å². The molecule has 1 N–H and O–H groups in total. The SMILES string of the molecule is COc1cccc(-n2ncc3c(NN=Cc4ccc(Cl)nc4)ncnc32)c1. The number of aromatic nitrogens is 5. The number of hydrazone groups is 1. The maximum Gasteiger partial charge on any atom is 0.168 e. The second-order valence-corrected chi connectivity index (χ2v) is 5.89. The van der Waals surface area contributed by atoms with Gasteiger partial charge in [-0.2, -0.15) is 10.2 Å². The molecule has 4 aromatic rings. The van der Waals surface area contributed by atoms with Crippen molar-refractivity contribution in [1.82, 2.24) is 24.7 Å². The molecule has 0 saturated heterocycles. The lowest BCUT2D eigenvalue weighted by Gasteiger charge is -2.06. The number of rotatable bonds is 5. The summed E-state index contributed by atoms with van der Waals surface area (Å²) in [6.45, 7) is 0. The molecule has 27 heavy (non-hydrogen) atoms. The molecule has 1 aromatic carbocycles. The summed E-state index contributed by atoms with van der Waals surface area (Å²) < 4.78 is 6.99. The molecule has 0 aliphatic rings. The van der Waals surface area contributed by atoms with Crippen LogP contribution in [0.1, 0.15) is 5.56 Å². The lowest BCUT2D eigenvalue weighted by Crippen LogP contribution is -2.00. The molecule has 0 fully saturated rings. The Balaban J connectivity index is 1.63. The Hall–Kier alpha value is -3.52. The number of hydrogen-bond acceptors (Lipinski definition) is 7. The Morgan fingerprint density at radius 1 is 1.15 bits per heavy atom. The molecule has 134 valence electrons. The number of fused-ring (bicyclic) bond motifs is 1. The summed E-state index contributed by atoms with van der Waals surface area (Å²) in [5.41, 5.74) is 5.22. The second kappa shape index (κ2) is 7.38. The summed E-state index contributed by atoms with van der Waals surface area (Å²) in [5.74, 6) is 1.29. The van der Waals surface area contributed by atoms with E-state index in [9.17, 15) is 0 Å². The van der Waals surface area contributed by atoms with Gasteiger partial charge in [0, 0.05) is 17.8 Å². The third-order valence-corrected chi connectivity index (χ3v) is 4.02. The molecule has 0 radical (unpaired) electrons. The van der Waals surface area contributed by atoms with Crippen LogP contribution in [0.4, 0.5) is 5.82 Å². The second-order valence-electron chi connectivity index (χ2n) is 5.50. The van der Waals surface area contributed by atoms with E-state index in [2.05, 4.69) is 30.6 Å². The van der Waals surface area contributed by atoms with E-state index in [-0.39, 0.29) is 0 Å². The standard InChI is InChI=1S/C18H14ClN7O/c1-27-14-4-2-3-13(7-14)26-18-15(10-24-26)17(21-11-22-18)25-23-9-12-5-6-16(19)20-8-12/h2-11H,1H3,(H,21,22,25). The zero-order valence-corrected chi connectivity index (χ0v) is 15.0. The van der Waals surface area contributed by atoms with Crippen molar-refractivity contribution in [1.29, 1.82) is 0 Å². The van der Waals surface area contributed by atoms with Crippen molar-refractivity contribution >= 4 is 34.7 Å². The van der Waals surface area contributed by atoms with Gasteiger partial charge in [-0.3, -0.25) is 5.43 Å². The number of nitrogens with one attached hydrogen (secondary N) is 1. The maximum atomic E-state index is 5.77. The molecular weight excluding hydrogens is 366 g/mol. The van der Waals surface area contributed by atoms with Gasteiger partial charge in [0.2, 0.25) is 0 Å². The minimum absolute atomic E-state index is 0.433. The molecule has 0 atom stereocenters. The number of anilines is 1. The highest BCUT2D eigenvalue weighted by Gasteiger charge is 2.11. The quantitative estimate of drug-likeness (QED) is 0.325. The van der Waals surface area contributed by atoms with Crippen LogP contribution in [0, 0.1) is 0 Å². The van der Waals surface area contributed by atoms with E-state index in [0.29, 0.717) is 16.6 Å². The van der Waals surface area contributed by atoms with Crippen molar-refractivity contribution in [3.63, 3.8) is 0 Å². The molecule has 3 aromatic heterocycles. The van der Waals surface area contributed by atoms with Crippen LogP contribution < -0.4 is 10.2 Å². The van der Waals surface area contributed by atoms with Crippen LogP contribution in [-0.4, -0.2) is 38.1 Å². The van der Waals surface area contributed by atoms with Gasteiger partial charge in [0.1, 0.15) is 17.2 Å². The number of pyridine rings is 1. The fourth-order valence-electron chi connectivity index (χ4n) is 2.50. The Morgan fingerprint density at radius 3 is 2.89 bits per heavy atom. The Labute approximate surface area is 159 Å². The van der Waals surface area contributed by atoms with Crippen LogP contribution in [0.2, 0.25) is 5.15 Å². The van der Waals surface area contributed by atoms with Gasteiger partial charge in [-0.15, -0.1) is 0 Å². The molecule has 0 amide bonds. The van der Waals surface area contributed by atoms with Crippen molar-refractivity contribution in [3.05, 3.63) is 65.8 Å². The summed E-state index contributed by atoms with van der Waals surface area (Å²) in [6.07, 6.45) is 6.41. The van der Waals surface area contributed by atoms with Gasteiger partial charge in [-0.25, -0.2) is 19.6 Å². The van der Waals surface area contributed by atoms with E-state index >= 15 is 0 Å². The Bertz CT molecular complexity index is 1110. The number of methoxy groups -OCH3 is 1. The molecule has 0 aliphatic heterocycles. The Kier molecular flexibility index (Phi) is 4.63. The molecule has 0 spiro atoms. The van der Waals surface area contributed by atoms with E-state index in [1.165, 1.54) is 6.33 Å². The van der Waals surface area contributed by atoms with Gasteiger partial charge >= 0.3 is 0 Å². The van der Waals surface area contributed by atoms with E-state index in [1.54, 1.807) is 36.5 Å². The largest absolute Gasteiger partial charge is 0.497 e. The van der Waals surface area contributed by atoms with Gasteiger partial charge in [0.05, 0.1) is 30.6 Å². The molecule has 8 nitrogen and oxygen atoms in total. The highest BCUT2D eigenvalue weighted by Crippen LogP contribution is 2.23. The lowest BCUT2D eigenvalue weighted by molar-refractivity contribution is 0.414. The maximum absolute atomic E-state index is 5.77. The van der Waals surface area contributed by atoms with Crippen LogP contribution in [0.25, 0.3) is 16.7 Å². The first-order valence-electron chi connectivity index (χ1n) is 7.98. The molecule has 9 heteroatoms. The fourth-order valence-corrected chi connectivity index (χ4v) is 2.61. The minimum atomic E-state index is 0.433. The summed E-state index contributed by atoms with van der Waals surface area (Å²) in [5, 5.41) is 9.79. The van der Waals surface area contributed by atoms with Crippen molar-refractivity contribution in [2.75, 3.05) is 12.5 Å². The zero-order valence-electron chi connectivity index (χ0n) is 14.2. The number of benzene rings is 1. The highest BCUT2D eigenvalue weighted by molar-refractivity contribution is 6.29. The van der Waals surface area contributed by atoms with Gasteiger partial charge in [-0.1, -0.05) is 17.7 Å². The van der Waals surface area contributed by atoms with Crippen molar-refractivity contribution in [2.45, 2.75) is 0 Å². The van der Waals surface area contributed by atoms with Crippen molar-refractivity contribution < 1.29 is 4.74 Å². The number of ether oxygens (including phenoxy) is 1. The van der Waals surface area contributed by atoms with Crippen LogP contribution in [-0.2, 0) is 0 Å². The van der Waals surface area contributed by atoms with E-state index < -0.39 is 0 Å². The van der Waals surface area contributed by atoms with Gasteiger partial charge in [0.25, 0.3) is 0 Å². The summed E-state index contributed by atoms with van der Waals surface area (Å²) >= 11 is 5.77. The fraction of sp³-hybridized carbons (Fsp3) is 0.0556. The normalized spacial score (nSPS) is 11.2. The molecule has 0 bridgehead atoms. The summed E-state index contributed by atoms with van der Waals surface area (Å²) in [7, 11) is 1.62. The first kappa shape index (κ1) is 16.9. The van der Waals surface area contributed by atoms with Crippen LogP contribution >= 0.6 is 11.6 Å². The molecule has 0 unspecified atom stereocenters. The van der Waals surface area contributed by atoms with Gasteiger partial charge < -0.3 is 4.74 Å². The third kappa shape index (κ3) is 3.56. The molecular formula is C18H14ClN7O. The van der Waals surface area contributed by atoms with Gasteiger partial charge in [-0.05, 0) is 24.3 Å². The van der Waals surface area contributed by atoms with Crippen LogP contribution in [0.3, 0.4) is 0 Å². The lowest BCUT2D eigenvalue weighted by atomic mass is 10.3. The van der Waals surface area contributed by atoms with E-state index in [0.717, 1.165) is 22.4 Å². The highest BCUT2D eigenvalue weighted by atomic mass is 35.5. The van der Waals surface area contributed by atoms with Gasteiger partial charge in [0.15, 0.2) is 11.5 Å². The summed E-state index contributed by atoms with van der Waals surface area (Å²) in [4.78, 5) is 12.6. The molecule has 0 saturated carbocycles. The topological polar surface area (TPSA) is 90.1 Å². The monoisotopic (exact) mass is 379 g/mol. The Morgan fingerprint density at radius 2 is 2.07 bits per heavy atom. The van der Waals surface area contributed by atoms with Crippen LogP contribution in [0.15, 0.2) is 60.2 Å². The molecule has 4 rings (SSSR count). The molecule has 3 heterocycles. The van der Waals surface area contributed by atoms with Crippen molar-refractivity contribution in [3.8, 4) is 11.4 Å². The molecule has 0 aliphatic carbocycles. The zero-order chi connectivity index (χ0) is 18.6. The average molecular weight is 380 g/mol. The predicted molar refractivity (Wildman–Crippen MR) is 104 cm³/mol. The smallest absolute Gasteiger partial charge is 0.168 e. The minimum Gasteiger partial charge on any atom is -0.497 e. The average Bonchev–Trinajstić information content (AvgIpc) is 3.14. The summed E-state index contributed by atoms with van der Waals surface area (Å²) in [6, 6.07) is 11.1. The van der Waals surface area contributed by atoms with E-state index in [1.807, 2.05) is 30.3 Å². The first-order chi connectivity index (χ1) is 13.2. The number of nitrogens with zero attached hydrogens (tertiary/aromatic N) is 6. The third-order valence-electron chi connectivity index (χ3n) is 3.80. The number of halogens is 1. The predicted octanol–water partition coefficient (Wildman–Crippen LogP) is 3.32. The van der Waals surface area contributed by atoms with E-state index in [4.69, 9.17) is 16.3 Å².